The molecule has 0 bridgehead atoms. The monoisotopic (exact) mass is 355 g/mol. The van der Waals surface area contributed by atoms with E-state index in [-0.39, 0.29) is 11.7 Å². The minimum atomic E-state index is -4.64. The third kappa shape index (κ3) is 4.25. The number of carbonyl (C=O) groups excluding carboxylic acids is 1. The summed E-state index contributed by atoms with van der Waals surface area (Å²) < 4.78 is 47.5. The second kappa shape index (κ2) is 7.35. The lowest BCUT2D eigenvalue weighted by Crippen LogP contribution is -2.31. The lowest BCUT2D eigenvalue weighted by Gasteiger charge is -2.15. The smallest absolute Gasteiger partial charge is 0.331 e. The van der Waals surface area contributed by atoms with Gasteiger partial charge in [-0.3, -0.25) is 4.98 Å². The van der Waals surface area contributed by atoms with Crippen LogP contribution in [-0.2, 0) is 9.84 Å². The number of nitrogens with zero attached hydrogens (tertiary/aromatic N) is 1. The van der Waals surface area contributed by atoms with Gasteiger partial charge in [0, 0.05) is 18.1 Å². The zero-order valence-corrected chi connectivity index (χ0v) is 13.4. The molecule has 2 amide bonds. The van der Waals surface area contributed by atoms with Crippen LogP contribution in [0.3, 0.4) is 0 Å². The summed E-state index contributed by atoms with van der Waals surface area (Å²) in [6.45, 7) is 1.78. The first-order valence-corrected chi connectivity index (χ1v) is 8.45. The molecule has 1 heterocycles. The predicted molar refractivity (Wildman–Crippen MR) is 84.4 cm³/mol. The van der Waals surface area contributed by atoms with Crippen LogP contribution in [-0.4, -0.2) is 25.2 Å². The average molecular weight is 355 g/mol. The number of amides is 2. The number of urea groups is 1. The Bertz CT molecular complexity index is 796. The van der Waals surface area contributed by atoms with E-state index in [1.165, 1.54) is 12.1 Å². The van der Waals surface area contributed by atoms with Crippen molar-refractivity contribution >= 4 is 21.6 Å². The third-order valence-electron chi connectivity index (χ3n) is 3.23. The summed E-state index contributed by atoms with van der Waals surface area (Å²) in [4.78, 5) is 15.3. The number of alkyl halides is 2. The first-order valence-electron chi connectivity index (χ1n) is 6.90. The van der Waals surface area contributed by atoms with E-state index in [0.29, 0.717) is 0 Å². The number of aromatic nitrogens is 1. The second-order valence-corrected chi connectivity index (χ2v) is 6.85. The fourth-order valence-electron chi connectivity index (χ4n) is 1.93. The number of hydrogen-bond acceptors (Lipinski definition) is 4. The van der Waals surface area contributed by atoms with E-state index in [9.17, 15) is 22.0 Å². The fraction of sp³-hybridized carbons (Fsp3) is 0.200. The molecule has 0 spiro atoms. The van der Waals surface area contributed by atoms with Gasteiger partial charge in [-0.15, -0.1) is 0 Å². The summed E-state index contributed by atoms with van der Waals surface area (Å²) in [5.41, 5.74) is 1.14. The van der Waals surface area contributed by atoms with Gasteiger partial charge in [-0.1, -0.05) is 0 Å². The van der Waals surface area contributed by atoms with Gasteiger partial charge in [0.15, 0.2) is 0 Å². The molecule has 0 aliphatic heterocycles. The number of halogens is 2. The summed E-state index contributed by atoms with van der Waals surface area (Å²) in [7, 11) is -4.64. The zero-order valence-electron chi connectivity index (χ0n) is 12.6. The van der Waals surface area contributed by atoms with Crippen molar-refractivity contribution in [1.82, 2.24) is 10.3 Å². The van der Waals surface area contributed by atoms with E-state index >= 15 is 0 Å². The van der Waals surface area contributed by atoms with E-state index < -0.39 is 26.5 Å². The standard InChI is InChI=1S/C15H15F2N3O3S/c1-10(11-6-8-18-9-7-11)19-15(21)20-12-2-4-13(5-3-12)24(22,23)14(16)17/h2-10,14H,1H3,(H2,19,20,21). The number of rotatable bonds is 5. The summed E-state index contributed by atoms with van der Waals surface area (Å²) >= 11 is 0. The molecule has 1 aromatic carbocycles. The SMILES string of the molecule is CC(NC(=O)Nc1ccc(S(=O)(=O)C(F)F)cc1)c1ccncc1. The highest BCUT2D eigenvalue weighted by atomic mass is 32.2. The molecule has 6 nitrogen and oxygen atoms in total. The number of sulfone groups is 1. The van der Waals surface area contributed by atoms with Crippen molar-refractivity contribution in [1.29, 1.82) is 0 Å². The van der Waals surface area contributed by atoms with E-state index in [2.05, 4.69) is 15.6 Å². The van der Waals surface area contributed by atoms with Crippen LogP contribution >= 0.6 is 0 Å². The quantitative estimate of drug-likeness (QED) is 0.863. The Balaban J connectivity index is 2.00. The molecule has 0 aliphatic carbocycles. The molecule has 2 rings (SSSR count). The van der Waals surface area contributed by atoms with Crippen LogP contribution < -0.4 is 10.6 Å². The van der Waals surface area contributed by atoms with Gasteiger partial charge in [-0.05, 0) is 48.9 Å². The van der Waals surface area contributed by atoms with Crippen LogP contribution in [0.25, 0.3) is 0 Å². The lowest BCUT2D eigenvalue weighted by molar-refractivity contribution is 0.234. The minimum absolute atomic E-state index is 0.272. The average Bonchev–Trinajstić information content (AvgIpc) is 2.56. The maximum absolute atomic E-state index is 12.4. The number of pyridine rings is 1. The zero-order chi connectivity index (χ0) is 17.7. The molecule has 0 saturated heterocycles. The van der Waals surface area contributed by atoms with Crippen molar-refractivity contribution in [3.8, 4) is 0 Å². The number of anilines is 1. The summed E-state index contributed by atoms with van der Waals surface area (Å²) in [5.74, 6) is -3.49. The molecular weight excluding hydrogens is 340 g/mol. The largest absolute Gasteiger partial charge is 0.341 e. The Hall–Kier alpha value is -2.55. The van der Waals surface area contributed by atoms with Gasteiger partial charge in [0.1, 0.15) is 0 Å². The molecule has 0 fully saturated rings. The summed E-state index contributed by atoms with van der Waals surface area (Å²) in [6, 6.07) is 7.25. The Kier molecular flexibility index (Phi) is 5.45. The molecule has 0 aliphatic rings. The van der Waals surface area contributed by atoms with E-state index in [1.54, 1.807) is 31.5 Å². The van der Waals surface area contributed by atoms with Gasteiger partial charge < -0.3 is 10.6 Å². The van der Waals surface area contributed by atoms with Gasteiger partial charge in [-0.2, -0.15) is 8.78 Å². The molecule has 1 unspecified atom stereocenters. The first-order chi connectivity index (χ1) is 11.3. The molecule has 9 heteroatoms. The second-order valence-electron chi connectivity index (χ2n) is 4.93. The van der Waals surface area contributed by atoms with Crippen LogP contribution in [0.5, 0.6) is 0 Å². The van der Waals surface area contributed by atoms with Crippen LogP contribution in [0.1, 0.15) is 18.5 Å². The van der Waals surface area contributed by atoms with E-state index in [1.807, 2.05) is 0 Å². The predicted octanol–water partition coefficient (Wildman–Crippen LogP) is 2.96. The van der Waals surface area contributed by atoms with Crippen molar-refractivity contribution in [2.45, 2.75) is 23.6 Å². The Morgan fingerprint density at radius 1 is 1.08 bits per heavy atom. The summed E-state index contributed by atoms with van der Waals surface area (Å²) in [6.07, 6.45) is 3.21. The fourth-order valence-corrected chi connectivity index (χ4v) is 2.65. The highest BCUT2D eigenvalue weighted by Crippen LogP contribution is 2.20. The Morgan fingerprint density at radius 3 is 2.21 bits per heavy atom. The van der Waals surface area contributed by atoms with Crippen LogP contribution in [0.4, 0.5) is 19.3 Å². The molecule has 1 aromatic heterocycles. The molecular formula is C15H15F2N3O3S. The van der Waals surface area contributed by atoms with Crippen LogP contribution in [0.2, 0.25) is 0 Å². The van der Waals surface area contributed by atoms with Crippen molar-refractivity contribution < 1.29 is 22.0 Å². The Morgan fingerprint density at radius 2 is 1.67 bits per heavy atom. The van der Waals surface area contributed by atoms with Gasteiger partial charge >= 0.3 is 11.8 Å². The van der Waals surface area contributed by atoms with Gasteiger partial charge in [0.2, 0.25) is 9.84 Å². The number of benzene rings is 1. The number of nitrogens with one attached hydrogen (secondary N) is 2. The molecule has 0 radical (unpaired) electrons. The molecule has 2 aromatic rings. The highest BCUT2D eigenvalue weighted by Gasteiger charge is 2.26. The van der Waals surface area contributed by atoms with Crippen molar-refractivity contribution in [2.75, 3.05) is 5.32 Å². The maximum atomic E-state index is 12.4. The lowest BCUT2D eigenvalue weighted by atomic mass is 10.1. The highest BCUT2D eigenvalue weighted by molar-refractivity contribution is 7.91. The van der Waals surface area contributed by atoms with Crippen LogP contribution in [0.15, 0.2) is 53.7 Å². The van der Waals surface area contributed by atoms with Crippen molar-refractivity contribution in [2.24, 2.45) is 0 Å². The van der Waals surface area contributed by atoms with Gasteiger partial charge in [0.05, 0.1) is 10.9 Å². The minimum Gasteiger partial charge on any atom is -0.331 e. The third-order valence-corrected chi connectivity index (χ3v) is 4.63. The Labute approximate surface area is 137 Å². The molecule has 0 saturated carbocycles. The van der Waals surface area contributed by atoms with Crippen molar-refractivity contribution in [3.05, 3.63) is 54.4 Å². The maximum Gasteiger partial charge on any atom is 0.341 e. The molecule has 128 valence electrons. The number of hydrogen-bond donors (Lipinski definition) is 2. The van der Waals surface area contributed by atoms with Gasteiger partial charge in [0.25, 0.3) is 0 Å². The van der Waals surface area contributed by atoms with Gasteiger partial charge in [-0.25, -0.2) is 13.2 Å². The van der Waals surface area contributed by atoms with E-state index in [4.69, 9.17) is 0 Å². The molecule has 24 heavy (non-hydrogen) atoms. The summed E-state index contributed by atoms with van der Waals surface area (Å²) in [5, 5.41) is 5.19. The molecule has 1 atom stereocenters. The normalized spacial score (nSPS) is 12.7. The number of carbonyl (C=O) groups is 1. The van der Waals surface area contributed by atoms with E-state index in [0.717, 1.165) is 17.7 Å². The van der Waals surface area contributed by atoms with Crippen molar-refractivity contribution in [3.63, 3.8) is 0 Å². The van der Waals surface area contributed by atoms with Crippen LogP contribution in [0, 0.1) is 0 Å². The topological polar surface area (TPSA) is 88.2 Å². The molecule has 2 N–H and O–H groups in total. The first kappa shape index (κ1) is 17.8.